The number of hydrogen-bond acceptors (Lipinski definition) is 3. The maximum absolute atomic E-state index is 12.8. The zero-order valence-electron chi connectivity index (χ0n) is 18.4. The van der Waals surface area contributed by atoms with Crippen LogP contribution in [0, 0.1) is 0 Å². The van der Waals surface area contributed by atoms with Gasteiger partial charge in [-0.1, -0.05) is 29.8 Å². The van der Waals surface area contributed by atoms with Crippen molar-refractivity contribution in [3.63, 3.8) is 0 Å². The van der Waals surface area contributed by atoms with Gasteiger partial charge in [0.05, 0.1) is 7.11 Å². The van der Waals surface area contributed by atoms with Crippen molar-refractivity contribution < 1.29 is 14.3 Å². The summed E-state index contributed by atoms with van der Waals surface area (Å²) in [6.07, 6.45) is 1.87. The molecule has 1 atom stereocenters. The molecule has 1 aliphatic rings. The Morgan fingerprint density at radius 3 is 2.55 bits per heavy atom. The Bertz CT molecular complexity index is 1130. The topological polar surface area (TPSA) is 70.7 Å². The number of nitrogens with one attached hydrogen (secondary N) is 2. The van der Waals surface area contributed by atoms with Crippen molar-refractivity contribution in [3.8, 4) is 5.75 Å². The van der Waals surface area contributed by atoms with Gasteiger partial charge in [0.2, 0.25) is 0 Å². The lowest BCUT2D eigenvalue weighted by Crippen LogP contribution is -2.41. The third-order valence-electron chi connectivity index (χ3n) is 5.75. The average molecular weight is 464 g/mol. The summed E-state index contributed by atoms with van der Waals surface area (Å²) in [6.45, 7) is 1.30. The molecule has 2 N–H and O–H groups in total. The first-order valence-corrected chi connectivity index (χ1v) is 11.3. The van der Waals surface area contributed by atoms with Crippen molar-refractivity contribution in [3.05, 3.63) is 88.9 Å². The number of methoxy groups -OCH3 is 1. The van der Waals surface area contributed by atoms with Crippen LogP contribution in [-0.4, -0.2) is 37.0 Å². The van der Waals surface area contributed by atoms with Crippen LogP contribution < -0.4 is 15.4 Å². The second-order valence-electron chi connectivity index (χ2n) is 8.03. The van der Waals surface area contributed by atoms with E-state index in [0.717, 1.165) is 18.4 Å². The largest absolute Gasteiger partial charge is 0.497 e. The van der Waals surface area contributed by atoms with E-state index in [2.05, 4.69) is 10.6 Å². The van der Waals surface area contributed by atoms with Crippen LogP contribution >= 0.6 is 11.6 Å². The molecule has 1 saturated heterocycles. The van der Waals surface area contributed by atoms with Gasteiger partial charge in [0.25, 0.3) is 5.91 Å². The normalized spacial score (nSPS) is 15.6. The van der Waals surface area contributed by atoms with Crippen molar-refractivity contribution in [2.24, 2.45) is 0 Å². The van der Waals surface area contributed by atoms with E-state index in [4.69, 9.17) is 16.3 Å². The number of carbonyl (C=O) groups excluding carboxylic acids is 2. The Morgan fingerprint density at radius 2 is 1.76 bits per heavy atom. The summed E-state index contributed by atoms with van der Waals surface area (Å²) < 4.78 is 5.22. The van der Waals surface area contributed by atoms with Crippen LogP contribution in [0.15, 0.2) is 72.8 Å². The molecule has 1 unspecified atom stereocenters. The number of nitrogens with zero attached hydrogens (tertiary/aromatic N) is 1. The Morgan fingerprint density at radius 1 is 0.970 bits per heavy atom. The van der Waals surface area contributed by atoms with Crippen LogP contribution in [-0.2, 0) is 0 Å². The van der Waals surface area contributed by atoms with Crippen molar-refractivity contribution in [2.45, 2.75) is 18.8 Å². The highest BCUT2D eigenvalue weighted by Gasteiger charge is 2.25. The fourth-order valence-corrected chi connectivity index (χ4v) is 4.13. The van der Waals surface area contributed by atoms with E-state index in [1.54, 1.807) is 43.5 Å². The van der Waals surface area contributed by atoms with Crippen LogP contribution in [0.2, 0.25) is 5.02 Å². The SMILES string of the molecule is COc1cccc(NC(=O)c2cccc(C3CCCN(C(=O)Nc4ccc(Cl)cc4)C3)c2)c1. The van der Waals surface area contributed by atoms with Gasteiger partial charge in [-0.25, -0.2) is 4.79 Å². The second-order valence-corrected chi connectivity index (χ2v) is 8.47. The van der Waals surface area contributed by atoms with Gasteiger partial charge in [-0.05, 0) is 66.9 Å². The first-order chi connectivity index (χ1) is 16.0. The number of amides is 3. The molecule has 1 heterocycles. The van der Waals surface area contributed by atoms with Gasteiger partial charge in [-0.3, -0.25) is 4.79 Å². The van der Waals surface area contributed by atoms with Crippen LogP contribution in [0.25, 0.3) is 0 Å². The molecule has 170 valence electrons. The number of piperidine rings is 1. The quantitative estimate of drug-likeness (QED) is 0.486. The van der Waals surface area contributed by atoms with Gasteiger partial charge in [0.15, 0.2) is 0 Å². The number of rotatable bonds is 5. The lowest BCUT2D eigenvalue weighted by Gasteiger charge is -2.33. The molecule has 3 amide bonds. The highest BCUT2D eigenvalue weighted by Crippen LogP contribution is 2.28. The standard InChI is InChI=1S/C26H26ClN3O3/c1-33-24-9-3-8-23(16-24)28-25(31)19-6-2-5-18(15-19)20-7-4-14-30(17-20)26(32)29-22-12-10-21(27)11-13-22/h2-3,5-6,8-13,15-16,20H,4,7,14,17H2,1H3,(H,28,31)(H,29,32). The molecule has 4 rings (SSSR count). The van der Waals surface area contributed by atoms with Crippen LogP contribution in [0.4, 0.5) is 16.2 Å². The molecule has 6 nitrogen and oxygen atoms in total. The minimum absolute atomic E-state index is 0.131. The molecule has 1 aliphatic heterocycles. The van der Waals surface area contributed by atoms with Crippen molar-refractivity contribution in [2.75, 3.05) is 30.8 Å². The first kappa shape index (κ1) is 22.7. The molecular weight excluding hydrogens is 438 g/mol. The van der Waals surface area contributed by atoms with Gasteiger partial charge in [-0.2, -0.15) is 0 Å². The van der Waals surface area contributed by atoms with Crippen LogP contribution in [0.5, 0.6) is 5.75 Å². The van der Waals surface area contributed by atoms with Crippen molar-refractivity contribution in [1.82, 2.24) is 4.90 Å². The minimum Gasteiger partial charge on any atom is -0.497 e. The van der Waals surface area contributed by atoms with Crippen molar-refractivity contribution in [1.29, 1.82) is 0 Å². The molecule has 3 aromatic carbocycles. The molecule has 1 fully saturated rings. The highest BCUT2D eigenvalue weighted by atomic mass is 35.5. The predicted octanol–water partition coefficient (Wildman–Crippen LogP) is 6.01. The highest BCUT2D eigenvalue weighted by molar-refractivity contribution is 6.30. The molecule has 3 aromatic rings. The summed E-state index contributed by atoms with van der Waals surface area (Å²) in [7, 11) is 1.59. The lowest BCUT2D eigenvalue weighted by atomic mass is 9.89. The van der Waals surface area contributed by atoms with E-state index in [0.29, 0.717) is 40.8 Å². The smallest absolute Gasteiger partial charge is 0.321 e. The van der Waals surface area contributed by atoms with Crippen LogP contribution in [0.3, 0.4) is 0 Å². The molecule has 0 aliphatic carbocycles. The number of urea groups is 1. The number of benzene rings is 3. The van der Waals surface area contributed by atoms with Crippen LogP contribution in [0.1, 0.15) is 34.7 Å². The van der Waals surface area contributed by atoms with Gasteiger partial charge in [-0.15, -0.1) is 0 Å². The molecule has 0 bridgehead atoms. The van der Waals surface area contributed by atoms with E-state index in [1.165, 1.54) is 0 Å². The Labute approximate surface area is 198 Å². The number of likely N-dealkylation sites (tertiary alicyclic amines) is 1. The summed E-state index contributed by atoms with van der Waals surface area (Å²) >= 11 is 5.92. The van der Waals surface area contributed by atoms with Gasteiger partial charge in [0.1, 0.15) is 5.75 Å². The third kappa shape index (κ3) is 5.84. The second kappa shape index (κ2) is 10.4. The zero-order valence-corrected chi connectivity index (χ0v) is 19.1. The van der Waals surface area contributed by atoms with E-state index < -0.39 is 0 Å². The Balaban J connectivity index is 1.42. The summed E-state index contributed by atoms with van der Waals surface area (Å²) in [5.41, 5.74) is 3.02. The first-order valence-electron chi connectivity index (χ1n) is 10.9. The summed E-state index contributed by atoms with van der Waals surface area (Å²) in [5.74, 6) is 0.665. The Kier molecular flexibility index (Phi) is 7.15. The van der Waals surface area contributed by atoms with Gasteiger partial charge in [0, 0.05) is 47.0 Å². The third-order valence-corrected chi connectivity index (χ3v) is 6.00. The Hall–Kier alpha value is -3.51. The van der Waals surface area contributed by atoms with Crippen molar-refractivity contribution >= 4 is 34.9 Å². The maximum Gasteiger partial charge on any atom is 0.321 e. The van der Waals surface area contributed by atoms with E-state index >= 15 is 0 Å². The minimum atomic E-state index is -0.182. The number of hydrogen-bond donors (Lipinski definition) is 2. The fraction of sp³-hybridized carbons (Fsp3) is 0.231. The van der Waals surface area contributed by atoms with E-state index in [1.807, 2.05) is 41.3 Å². The van der Waals surface area contributed by atoms with Gasteiger partial charge >= 0.3 is 6.03 Å². The van der Waals surface area contributed by atoms with Gasteiger partial charge < -0.3 is 20.3 Å². The monoisotopic (exact) mass is 463 g/mol. The predicted molar refractivity (Wildman–Crippen MR) is 131 cm³/mol. The molecule has 7 heteroatoms. The molecule has 0 saturated carbocycles. The number of carbonyl (C=O) groups is 2. The molecule has 0 spiro atoms. The summed E-state index contributed by atoms with van der Waals surface area (Å²) in [6, 6.07) is 21.8. The summed E-state index contributed by atoms with van der Waals surface area (Å²) in [5, 5.41) is 6.48. The molecule has 33 heavy (non-hydrogen) atoms. The number of ether oxygens (including phenoxy) is 1. The fourth-order valence-electron chi connectivity index (χ4n) is 4.01. The van der Waals surface area contributed by atoms with E-state index in [9.17, 15) is 9.59 Å². The number of anilines is 2. The lowest BCUT2D eigenvalue weighted by molar-refractivity contribution is 0.102. The summed E-state index contributed by atoms with van der Waals surface area (Å²) in [4.78, 5) is 27.4. The average Bonchev–Trinajstić information content (AvgIpc) is 2.85. The molecule has 0 aromatic heterocycles. The molecule has 0 radical (unpaired) electrons. The maximum atomic E-state index is 12.8. The zero-order chi connectivity index (χ0) is 23.2. The number of halogens is 1. The molecular formula is C26H26ClN3O3. The van der Waals surface area contributed by atoms with E-state index in [-0.39, 0.29) is 17.9 Å².